The molecule has 3 rings (SSSR count). The molecule has 29 heavy (non-hydrogen) atoms. The Bertz CT molecular complexity index is 774. The van der Waals surface area contributed by atoms with E-state index in [4.69, 9.17) is 14.5 Å². The first-order valence-corrected chi connectivity index (χ1v) is 9.82. The van der Waals surface area contributed by atoms with Gasteiger partial charge in [0.15, 0.2) is 5.92 Å². The number of aliphatic imine (C=N–C) groups is 1. The summed E-state index contributed by atoms with van der Waals surface area (Å²) in [5, 5.41) is 2.75. The third-order valence-corrected chi connectivity index (χ3v) is 4.88. The van der Waals surface area contributed by atoms with E-state index in [1.54, 1.807) is 18.7 Å². The van der Waals surface area contributed by atoms with Crippen LogP contribution in [-0.2, 0) is 19.1 Å². The van der Waals surface area contributed by atoms with E-state index in [1.165, 1.54) is 0 Å². The van der Waals surface area contributed by atoms with E-state index >= 15 is 0 Å². The van der Waals surface area contributed by atoms with Crippen LogP contribution in [0.2, 0.25) is 0 Å². The van der Waals surface area contributed by atoms with Crippen molar-refractivity contribution in [2.24, 2.45) is 10.9 Å². The summed E-state index contributed by atoms with van der Waals surface area (Å²) in [6.45, 7) is 5.92. The average Bonchev–Trinajstić information content (AvgIpc) is 2.74. The van der Waals surface area contributed by atoms with E-state index in [2.05, 4.69) is 5.32 Å². The Balaban J connectivity index is 1.80. The number of esters is 1. The Labute approximate surface area is 169 Å². The fraction of sp³-hybridized carbons (Fsp3) is 0.500. The summed E-state index contributed by atoms with van der Waals surface area (Å²) < 4.78 is 10.1. The molecule has 0 bridgehead atoms. The Hall–Kier alpha value is -3.10. The Morgan fingerprint density at radius 1 is 1.07 bits per heavy atom. The summed E-state index contributed by atoms with van der Waals surface area (Å²) in [5.41, 5.74) is 0.767. The van der Waals surface area contributed by atoms with Gasteiger partial charge in [-0.05, 0) is 19.4 Å². The first-order chi connectivity index (χ1) is 14.0. The van der Waals surface area contributed by atoms with E-state index in [0.717, 1.165) is 5.56 Å². The van der Waals surface area contributed by atoms with Crippen molar-refractivity contribution >= 4 is 23.9 Å². The van der Waals surface area contributed by atoms with Crippen LogP contribution < -0.4 is 5.32 Å². The molecule has 2 aliphatic rings. The van der Waals surface area contributed by atoms with Crippen LogP contribution in [0.1, 0.15) is 25.5 Å². The lowest BCUT2D eigenvalue weighted by Gasteiger charge is -2.38. The van der Waals surface area contributed by atoms with Gasteiger partial charge in [-0.15, -0.1) is 0 Å². The summed E-state index contributed by atoms with van der Waals surface area (Å²) in [6, 6.07) is 8.58. The van der Waals surface area contributed by atoms with E-state index in [1.807, 2.05) is 35.2 Å². The van der Waals surface area contributed by atoms with Crippen LogP contribution in [0, 0.1) is 5.92 Å². The molecule has 1 aromatic carbocycles. The van der Waals surface area contributed by atoms with Gasteiger partial charge in [0.1, 0.15) is 6.04 Å². The highest BCUT2D eigenvalue weighted by molar-refractivity contribution is 6.08. The molecule has 0 saturated carbocycles. The molecular formula is C20H26N4O5. The molecule has 1 saturated heterocycles. The summed E-state index contributed by atoms with van der Waals surface area (Å²) in [6.07, 6.45) is -0.341. The fourth-order valence-electron chi connectivity index (χ4n) is 3.43. The van der Waals surface area contributed by atoms with Gasteiger partial charge in [-0.2, -0.15) is 0 Å². The van der Waals surface area contributed by atoms with Gasteiger partial charge in [0.2, 0.25) is 11.9 Å². The van der Waals surface area contributed by atoms with Crippen LogP contribution in [-0.4, -0.2) is 73.1 Å². The minimum absolute atomic E-state index is 0.191. The monoisotopic (exact) mass is 402 g/mol. The van der Waals surface area contributed by atoms with Crippen molar-refractivity contribution in [3.05, 3.63) is 35.9 Å². The Morgan fingerprint density at radius 2 is 1.72 bits per heavy atom. The van der Waals surface area contributed by atoms with Crippen molar-refractivity contribution in [2.45, 2.75) is 19.9 Å². The maximum absolute atomic E-state index is 12.8. The van der Waals surface area contributed by atoms with Crippen molar-refractivity contribution < 1.29 is 23.9 Å². The molecule has 0 aromatic heterocycles. The van der Waals surface area contributed by atoms with Gasteiger partial charge in [-0.25, -0.2) is 9.79 Å². The zero-order valence-corrected chi connectivity index (χ0v) is 16.7. The van der Waals surface area contributed by atoms with Crippen molar-refractivity contribution in [2.75, 3.05) is 39.4 Å². The lowest BCUT2D eigenvalue weighted by molar-refractivity contribution is -0.153. The number of piperazine rings is 1. The first kappa shape index (κ1) is 20.6. The number of carbonyl (C=O) groups is 3. The molecule has 156 valence electrons. The van der Waals surface area contributed by atoms with E-state index in [9.17, 15) is 14.4 Å². The topological polar surface area (TPSA) is 101 Å². The number of carbonyl (C=O) groups excluding carboxylic acids is 3. The molecule has 9 heteroatoms. The molecule has 1 N–H and O–H groups in total. The highest BCUT2D eigenvalue weighted by atomic mass is 16.6. The number of nitrogens with one attached hydrogen (secondary N) is 1. The predicted molar refractivity (Wildman–Crippen MR) is 105 cm³/mol. The van der Waals surface area contributed by atoms with Gasteiger partial charge in [-0.1, -0.05) is 30.3 Å². The third-order valence-electron chi connectivity index (χ3n) is 4.88. The number of hydrogen-bond donors (Lipinski definition) is 1. The molecule has 1 aromatic rings. The highest BCUT2D eigenvalue weighted by Crippen LogP contribution is 2.30. The normalized spacial score (nSPS) is 21.9. The minimum Gasteiger partial charge on any atom is -0.465 e. The second-order valence-electron chi connectivity index (χ2n) is 6.70. The van der Waals surface area contributed by atoms with Crippen LogP contribution in [0.5, 0.6) is 0 Å². The molecule has 0 unspecified atom stereocenters. The number of nitrogens with zero attached hydrogens (tertiary/aromatic N) is 3. The largest absolute Gasteiger partial charge is 0.465 e. The van der Waals surface area contributed by atoms with Crippen molar-refractivity contribution in [1.82, 2.24) is 15.1 Å². The van der Waals surface area contributed by atoms with E-state index in [0.29, 0.717) is 38.7 Å². The van der Waals surface area contributed by atoms with Crippen LogP contribution in [0.3, 0.4) is 0 Å². The van der Waals surface area contributed by atoms with Gasteiger partial charge in [0, 0.05) is 26.2 Å². The second-order valence-corrected chi connectivity index (χ2v) is 6.70. The highest BCUT2D eigenvalue weighted by Gasteiger charge is 2.42. The van der Waals surface area contributed by atoms with Crippen LogP contribution in [0.15, 0.2) is 35.3 Å². The van der Waals surface area contributed by atoms with Crippen molar-refractivity contribution in [3.63, 3.8) is 0 Å². The molecule has 0 radical (unpaired) electrons. The SMILES string of the molecule is CCOC(=O)[C@H]1C(=O)NC(N2CCN(C(=O)OCC)CC2)=N[C@@H]1c1ccccc1. The van der Waals surface area contributed by atoms with E-state index in [-0.39, 0.29) is 12.7 Å². The number of rotatable bonds is 4. The van der Waals surface area contributed by atoms with Crippen LogP contribution in [0.4, 0.5) is 4.79 Å². The maximum atomic E-state index is 12.8. The Morgan fingerprint density at radius 3 is 2.34 bits per heavy atom. The van der Waals surface area contributed by atoms with Gasteiger partial charge in [-0.3, -0.25) is 14.9 Å². The van der Waals surface area contributed by atoms with Gasteiger partial charge in [0.25, 0.3) is 0 Å². The molecule has 2 aliphatic heterocycles. The lowest BCUT2D eigenvalue weighted by atomic mass is 9.91. The standard InChI is InChI=1S/C20H26N4O5/c1-3-28-18(26)15-16(14-8-6-5-7-9-14)21-19(22-17(15)25)23-10-12-24(13-11-23)20(27)29-4-2/h5-9,15-16H,3-4,10-13H2,1-2H3,(H,21,22,25)/t15-,16-/m1/s1. The number of ether oxygens (including phenoxy) is 2. The number of benzene rings is 1. The molecule has 1 fully saturated rings. The number of amides is 2. The first-order valence-electron chi connectivity index (χ1n) is 9.82. The summed E-state index contributed by atoms with van der Waals surface area (Å²) >= 11 is 0. The molecule has 0 aliphatic carbocycles. The molecular weight excluding hydrogens is 376 g/mol. The van der Waals surface area contributed by atoms with Gasteiger partial charge < -0.3 is 19.3 Å². The molecule has 2 amide bonds. The van der Waals surface area contributed by atoms with Crippen molar-refractivity contribution in [3.8, 4) is 0 Å². The lowest BCUT2D eigenvalue weighted by Crippen LogP contribution is -2.58. The zero-order chi connectivity index (χ0) is 20.8. The predicted octanol–water partition coefficient (Wildman–Crippen LogP) is 1.17. The summed E-state index contributed by atoms with van der Waals surface area (Å²) in [5.74, 6) is -1.65. The van der Waals surface area contributed by atoms with Gasteiger partial charge >= 0.3 is 12.1 Å². The smallest absolute Gasteiger partial charge is 0.409 e. The number of guanidine groups is 1. The fourth-order valence-corrected chi connectivity index (χ4v) is 3.43. The third kappa shape index (κ3) is 4.67. The van der Waals surface area contributed by atoms with Gasteiger partial charge in [0.05, 0.1) is 13.2 Å². The molecule has 2 atom stereocenters. The zero-order valence-electron chi connectivity index (χ0n) is 16.7. The van der Waals surface area contributed by atoms with E-state index < -0.39 is 23.8 Å². The van der Waals surface area contributed by atoms with Crippen molar-refractivity contribution in [1.29, 1.82) is 0 Å². The average molecular weight is 402 g/mol. The molecule has 9 nitrogen and oxygen atoms in total. The molecule has 0 spiro atoms. The molecule has 2 heterocycles. The van der Waals surface area contributed by atoms with Crippen LogP contribution in [0.25, 0.3) is 0 Å². The number of hydrogen-bond acceptors (Lipinski definition) is 7. The second kappa shape index (κ2) is 9.40. The van der Waals surface area contributed by atoms with Crippen LogP contribution >= 0.6 is 0 Å². The summed E-state index contributed by atoms with van der Waals surface area (Å²) in [4.78, 5) is 45.3. The Kier molecular flexibility index (Phi) is 6.69. The quantitative estimate of drug-likeness (QED) is 0.599. The minimum atomic E-state index is -1.04. The maximum Gasteiger partial charge on any atom is 0.409 e. The summed E-state index contributed by atoms with van der Waals surface area (Å²) in [7, 11) is 0.